The van der Waals surface area contributed by atoms with Gasteiger partial charge in [0.25, 0.3) is 0 Å². The molecule has 1 aliphatic rings. The maximum atomic E-state index is 13.2. The van der Waals surface area contributed by atoms with E-state index in [0.29, 0.717) is 22.6 Å². The highest BCUT2D eigenvalue weighted by Crippen LogP contribution is 2.50. The number of fused-ring (bicyclic) bond motifs is 1. The zero-order chi connectivity index (χ0) is 14.5. The molecule has 1 aromatic carbocycles. The van der Waals surface area contributed by atoms with Gasteiger partial charge >= 0.3 is 6.18 Å². The van der Waals surface area contributed by atoms with Crippen LogP contribution in [0.2, 0.25) is 0 Å². The van der Waals surface area contributed by atoms with E-state index in [1.807, 2.05) is 6.92 Å². The normalized spacial score (nSPS) is 22.4. The molecule has 6 heteroatoms. The molecule has 2 atom stereocenters. The first kappa shape index (κ1) is 13.3. The van der Waals surface area contributed by atoms with Gasteiger partial charge in [0, 0.05) is 11.7 Å². The number of rotatable bonds is 3. The van der Waals surface area contributed by atoms with Gasteiger partial charge in [-0.15, -0.1) is 0 Å². The van der Waals surface area contributed by atoms with Gasteiger partial charge in [0.2, 0.25) is 5.82 Å². The van der Waals surface area contributed by atoms with Crippen molar-refractivity contribution in [3.63, 3.8) is 0 Å². The standard InChI is InChI=1S/C14H16F3N3/c1-2-3-8-6-12(8)20-11-5-4-9(18)7-10(11)19-13(20)14(15,16)17/h4-5,7-8,12H,2-3,6,18H2,1H3. The van der Waals surface area contributed by atoms with Crippen LogP contribution in [0.3, 0.4) is 0 Å². The van der Waals surface area contributed by atoms with Crippen molar-refractivity contribution in [2.75, 3.05) is 5.73 Å². The fourth-order valence-electron chi connectivity index (χ4n) is 2.88. The van der Waals surface area contributed by atoms with Crippen LogP contribution in [0, 0.1) is 5.92 Å². The Morgan fingerprint density at radius 1 is 1.40 bits per heavy atom. The van der Waals surface area contributed by atoms with Gasteiger partial charge in [-0.3, -0.25) is 0 Å². The van der Waals surface area contributed by atoms with Gasteiger partial charge in [-0.1, -0.05) is 13.3 Å². The van der Waals surface area contributed by atoms with Gasteiger partial charge in [-0.05, 0) is 37.0 Å². The lowest BCUT2D eigenvalue weighted by atomic mass is 10.2. The number of hydrogen-bond acceptors (Lipinski definition) is 2. The third kappa shape index (κ3) is 2.13. The number of aromatic nitrogens is 2. The van der Waals surface area contributed by atoms with E-state index in [0.717, 1.165) is 19.3 Å². The van der Waals surface area contributed by atoms with Crippen LogP contribution in [0.1, 0.15) is 38.1 Å². The van der Waals surface area contributed by atoms with Crippen LogP contribution in [-0.2, 0) is 6.18 Å². The molecule has 0 radical (unpaired) electrons. The van der Waals surface area contributed by atoms with E-state index >= 15 is 0 Å². The Morgan fingerprint density at radius 2 is 2.15 bits per heavy atom. The molecule has 3 rings (SSSR count). The molecule has 2 N–H and O–H groups in total. The largest absolute Gasteiger partial charge is 0.449 e. The van der Waals surface area contributed by atoms with E-state index in [1.165, 1.54) is 10.6 Å². The molecule has 0 amide bonds. The second-order valence-corrected chi connectivity index (χ2v) is 5.40. The highest BCUT2D eigenvalue weighted by Gasteiger charge is 2.45. The molecule has 0 spiro atoms. The van der Waals surface area contributed by atoms with Gasteiger partial charge in [-0.25, -0.2) is 4.98 Å². The summed E-state index contributed by atoms with van der Waals surface area (Å²) in [6.45, 7) is 2.05. The molecule has 2 aromatic rings. The average Bonchev–Trinajstić information content (AvgIpc) is 2.99. The number of alkyl halides is 3. The number of hydrogen-bond donors (Lipinski definition) is 1. The second-order valence-electron chi connectivity index (χ2n) is 5.40. The Kier molecular flexibility index (Phi) is 2.92. The summed E-state index contributed by atoms with van der Waals surface area (Å²) in [4.78, 5) is 3.76. The Bertz CT molecular complexity index is 645. The van der Waals surface area contributed by atoms with Crippen molar-refractivity contribution in [1.29, 1.82) is 0 Å². The number of nitrogens with two attached hydrogens (primary N) is 1. The summed E-state index contributed by atoms with van der Waals surface area (Å²) in [5, 5.41) is 0. The van der Waals surface area contributed by atoms with E-state index in [-0.39, 0.29) is 6.04 Å². The predicted molar refractivity (Wildman–Crippen MR) is 71.2 cm³/mol. The second kappa shape index (κ2) is 4.40. The topological polar surface area (TPSA) is 43.8 Å². The molecule has 0 saturated heterocycles. The molecule has 1 fully saturated rings. The first-order chi connectivity index (χ1) is 9.41. The minimum atomic E-state index is -4.44. The van der Waals surface area contributed by atoms with E-state index in [9.17, 15) is 13.2 Å². The number of benzene rings is 1. The van der Waals surface area contributed by atoms with Crippen LogP contribution < -0.4 is 5.73 Å². The Morgan fingerprint density at radius 3 is 2.80 bits per heavy atom. The molecule has 108 valence electrons. The summed E-state index contributed by atoms with van der Waals surface area (Å²) in [5.74, 6) is -0.474. The monoisotopic (exact) mass is 283 g/mol. The molecule has 1 aromatic heterocycles. The summed E-state index contributed by atoms with van der Waals surface area (Å²) >= 11 is 0. The highest BCUT2D eigenvalue weighted by atomic mass is 19.4. The smallest absolute Gasteiger partial charge is 0.399 e. The number of halogens is 3. The Balaban J connectivity index is 2.12. The number of nitrogens with zero attached hydrogens (tertiary/aromatic N) is 2. The van der Waals surface area contributed by atoms with Crippen molar-refractivity contribution >= 4 is 16.7 Å². The lowest BCUT2D eigenvalue weighted by Gasteiger charge is -2.11. The molecular weight excluding hydrogens is 267 g/mol. The number of nitrogen functional groups attached to an aromatic ring is 1. The van der Waals surface area contributed by atoms with Crippen LogP contribution in [0.5, 0.6) is 0 Å². The zero-order valence-electron chi connectivity index (χ0n) is 11.1. The van der Waals surface area contributed by atoms with Crippen molar-refractivity contribution in [3.8, 4) is 0 Å². The van der Waals surface area contributed by atoms with Gasteiger partial charge in [0.05, 0.1) is 11.0 Å². The fraction of sp³-hybridized carbons (Fsp3) is 0.500. The van der Waals surface area contributed by atoms with Gasteiger partial charge in [0.1, 0.15) is 0 Å². The van der Waals surface area contributed by atoms with Crippen LogP contribution in [0.4, 0.5) is 18.9 Å². The van der Waals surface area contributed by atoms with Crippen LogP contribution in [0.25, 0.3) is 11.0 Å². The summed E-state index contributed by atoms with van der Waals surface area (Å²) in [6, 6.07) is 4.67. The first-order valence-corrected chi connectivity index (χ1v) is 6.76. The van der Waals surface area contributed by atoms with E-state index in [1.54, 1.807) is 12.1 Å². The first-order valence-electron chi connectivity index (χ1n) is 6.76. The third-order valence-corrected chi connectivity index (χ3v) is 3.84. The molecule has 0 bridgehead atoms. The molecule has 20 heavy (non-hydrogen) atoms. The zero-order valence-corrected chi connectivity index (χ0v) is 11.1. The molecule has 0 aliphatic heterocycles. The van der Waals surface area contributed by atoms with Gasteiger partial charge in [0.15, 0.2) is 0 Å². The Hall–Kier alpha value is -1.72. The lowest BCUT2D eigenvalue weighted by molar-refractivity contribution is -0.147. The maximum Gasteiger partial charge on any atom is 0.449 e. The minimum absolute atomic E-state index is 0.0831. The quantitative estimate of drug-likeness (QED) is 0.865. The van der Waals surface area contributed by atoms with E-state index < -0.39 is 12.0 Å². The highest BCUT2D eigenvalue weighted by molar-refractivity contribution is 5.80. The average molecular weight is 283 g/mol. The molecule has 2 unspecified atom stereocenters. The van der Waals surface area contributed by atoms with Crippen LogP contribution in [-0.4, -0.2) is 9.55 Å². The van der Waals surface area contributed by atoms with E-state index in [4.69, 9.17) is 5.73 Å². The molecule has 1 saturated carbocycles. The van der Waals surface area contributed by atoms with Crippen molar-refractivity contribution < 1.29 is 13.2 Å². The van der Waals surface area contributed by atoms with E-state index in [2.05, 4.69) is 4.98 Å². The summed E-state index contributed by atoms with van der Waals surface area (Å²) in [6.07, 6.45) is -1.70. The molecule has 1 aliphatic carbocycles. The summed E-state index contributed by atoms with van der Waals surface area (Å²) in [7, 11) is 0. The molecule has 3 nitrogen and oxygen atoms in total. The van der Waals surface area contributed by atoms with Gasteiger partial charge < -0.3 is 10.3 Å². The summed E-state index contributed by atoms with van der Waals surface area (Å²) in [5.41, 5.74) is 6.90. The summed E-state index contributed by atoms with van der Waals surface area (Å²) < 4.78 is 40.9. The van der Waals surface area contributed by atoms with Crippen LogP contribution in [0.15, 0.2) is 18.2 Å². The lowest BCUT2D eigenvalue weighted by Crippen LogP contribution is -2.14. The number of imidazole rings is 1. The van der Waals surface area contributed by atoms with Crippen molar-refractivity contribution in [2.45, 2.75) is 38.4 Å². The minimum Gasteiger partial charge on any atom is -0.399 e. The fourth-order valence-corrected chi connectivity index (χ4v) is 2.88. The van der Waals surface area contributed by atoms with Crippen molar-refractivity contribution in [3.05, 3.63) is 24.0 Å². The van der Waals surface area contributed by atoms with Crippen molar-refractivity contribution in [2.24, 2.45) is 5.92 Å². The van der Waals surface area contributed by atoms with Gasteiger partial charge in [-0.2, -0.15) is 13.2 Å². The molecular formula is C14H16F3N3. The third-order valence-electron chi connectivity index (χ3n) is 3.84. The SMILES string of the molecule is CCCC1CC1n1c(C(F)(F)F)nc2cc(N)ccc21. The van der Waals surface area contributed by atoms with Crippen molar-refractivity contribution in [1.82, 2.24) is 9.55 Å². The van der Waals surface area contributed by atoms with Crippen LogP contribution >= 0.6 is 0 Å². The number of anilines is 1. The predicted octanol–water partition coefficient (Wildman–Crippen LogP) is 4.00. The Labute approximate surface area is 114 Å². The maximum absolute atomic E-state index is 13.2. The molecule has 1 heterocycles.